The number of thioether (sulfide) groups is 1. The van der Waals surface area contributed by atoms with E-state index in [1.807, 2.05) is 30.3 Å². The number of aliphatic carboxylic acids is 2. The SMILES string of the molecule is O=C(O)[C@H]1CSC[C@@H](C(=O)O)N1Cc1ccccc1. The fourth-order valence-electron chi connectivity index (χ4n) is 2.14. The number of carbonyl (C=O) groups is 2. The molecule has 1 aromatic rings. The highest BCUT2D eigenvalue weighted by molar-refractivity contribution is 7.99. The van der Waals surface area contributed by atoms with Gasteiger partial charge in [-0.2, -0.15) is 11.8 Å². The van der Waals surface area contributed by atoms with Crippen LogP contribution in [0.2, 0.25) is 0 Å². The highest BCUT2D eigenvalue weighted by Gasteiger charge is 2.38. The summed E-state index contributed by atoms with van der Waals surface area (Å²) in [7, 11) is 0. The van der Waals surface area contributed by atoms with E-state index in [9.17, 15) is 19.8 Å². The van der Waals surface area contributed by atoms with E-state index in [2.05, 4.69) is 0 Å². The number of carboxylic acid groups (broad SMARTS) is 2. The Balaban J connectivity index is 2.22. The molecule has 0 unspecified atom stereocenters. The molecule has 0 aromatic heterocycles. The molecule has 1 saturated heterocycles. The van der Waals surface area contributed by atoms with Crippen LogP contribution in [0.4, 0.5) is 0 Å². The molecule has 2 N–H and O–H groups in total. The smallest absolute Gasteiger partial charge is 0.321 e. The number of nitrogens with zero attached hydrogens (tertiary/aromatic N) is 1. The molecule has 2 atom stereocenters. The van der Waals surface area contributed by atoms with E-state index in [1.54, 1.807) is 4.90 Å². The summed E-state index contributed by atoms with van der Waals surface area (Å²) in [5.41, 5.74) is 0.923. The van der Waals surface area contributed by atoms with Gasteiger partial charge in [0, 0.05) is 18.1 Å². The van der Waals surface area contributed by atoms with Crippen molar-refractivity contribution in [3.63, 3.8) is 0 Å². The lowest BCUT2D eigenvalue weighted by molar-refractivity contribution is -0.149. The quantitative estimate of drug-likeness (QED) is 0.862. The highest BCUT2D eigenvalue weighted by Crippen LogP contribution is 2.24. The lowest BCUT2D eigenvalue weighted by atomic mass is 10.1. The van der Waals surface area contributed by atoms with Gasteiger partial charge in [-0.25, -0.2) is 0 Å². The van der Waals surface area contributed by atoms with Crippen molar-refractivity contribution in [2.24, 2.45) is 0 Å². The average Bonchev–Trinajstić information content (AvgIpc) is 2.39. The van der Waals surface area contributed by atoms with E-state index in [0.29, 0.717) is 18.1 Å². The fraction of sp³-hybridized carbons (Fsp3) is 0.385. The molecular weight excluding hydrogens is 266 g/mol. The average molecular weight is 281 g/mol. The van der Waals surface area contributed by atoms with Crippen LogP contribution in [0.1, 0.15) is 5.56 Å². The van der Waals surface area contributed by atoms with Crippen LogP contribution < -0.4 is 0 Å². The van der Waals surface area contributed by atoms with Crippen molar-refractivity contribution < 1.29 is 19.8 Å². The maximum atomic E-state index is 11.3. The number of hydrogen-bond acceptors (Lipinski definition) is 4. The normalized spacial score (nSPS) is 24.0. The molecule has 1 aliphatic heterocycles. The molecular formula is C13H15NO4S. The first-order chi connectivity index (χ1) is 9.09. The minimum Gasteiger partial charge on any atom is -0.480 e. The fourth-order valence-corrected chi connectivity index (χ4v) is 3.39. The molecule has 1 aromatic carbocycles. The molecule has 0 radical (unpaired) electrons. The van der Waals surface area contributed by atoms with Crippen LogP contribution in [0.5, 0.6) is 0 Å². The highest BCUT2D eigenvalue weighted by atomic mass is 32.2. The first kappa shape index (κ1) is 13.9. The third-order valence-electron chi connectivity index (χ3n) is 3.13. The molecule has 0 aliphatic carbocycles. The van der Waals surface area contributed by atoms with Crippen molar-refractivity contribution in [2.45, 2.75) is 18.6 Å². The summed E-state index contributed by atoms with van der Waals surface area (Å²) in [6.07, 6.45) is 0. The van der Waals surface area contributed by atoms with Gasteiger partial charge in [0.2, 0.25) is 0 Å². The maximum absolute atomic E-state index is 11.3. The van der Waals surface area contributed by atoms with Gasteiger partial charge in [0.15, 0.2) is 0 Å². The summed E-state index contributed by atoms with van der Waals surface area (Å²) in [5.74, 6) is -1.08. The Kier molecular flexibility index (Phi) is 4.44. The number of benzene rings is 1. The number of carboxylic acids is 2. The Morgan fingerprint density at radius 1 is 1.11 bits per heavy atom. The van der Waals surface area contributed by atoms with Crippen LogP contribution in [-0.2, 0) is 16.1 Å². The van der Waals surface area contributed by atoms with Crippen LogP contribution in [-0.4, -0.2) is 50.6 Å². The van der Waals surface area contributed by atoms with Crippen molar-refractivity contribution in [3.8, 4) is 0 Å². The van der Waals surface area contributed by atoms with E-state index in [-0.39, 0.29) is 0 Å². The zero-order valence-electron chi connectivity index (χ0n) is 10.2. The molecule has 2 rings (SSSR count). The number of rotatable bonds is 4. The standard InChI is InChI=1S/C13H15NO4S/c15-12(16)10-7-19-8-11(13(17)18)14(10)6-9-4-2-1-3-5-9/h1-5,10-11H,6-8H2,(H,15,16)(H,17,18)/t10-,11+. The zero-order chi connectivity index (χ0) is 13.8. The third-order valence-corrected chi connectivity index (χ3v) is 4.23. The van der Waals surface area contributed by atoms with Crippen LogP contribution >= 0.6 is 11.8 Å². The summed E-state index contributed by atoms with van der Waals surface area (Å²) in [5, 5.41) is 18.5. The van der Waals surface area contributed by atoms with Gasteiger partial charge in [-0.3, -0.25) is 14.5 Å². The molecule has 1 fully saturated rings. The van der Waals surface area contributed by atoms with Gasteiger partial charge in [0.1, 0.15) is 12.1 Å². The second-order valence-electron chi connectivity index (χ2n) is 4.40. The Labute approximate surface area is 115 Å². The molecule has 0 bridgehead atoms. The van der Waals surface area contributed by atoms with Crippen LogP contribution in [0, 0.1) is 0 Å². The van der Waals surface area contributed by atoms with Gasteiger partial charge in [0.05, 0.1) is 0 Å². The van der Waals surface area contributed by atoms with Gasteiger partial charge >= 0.3 is 11.9 Å². The van der Waals surface area contributed by atoms with E-state index in [0.717, 1.165) is 5.56 Å². The predicted molar refractivity (Wildman–Crippen MR) is 72.2 cm³/mol. The molecule has 102 valence electrons. The second kappa shape index (κ2) is 6.08. The summed E-state index contributed by atoms with van der Waals surface area (Å²) in [4.78, 5) is 24.1. The van der Waals surface area contributed by atoms with E-state index in [4.69, 9.17) is 0 Å². The molecule has 6 heteroatoms. The molecule has 5 nitrogen and oxygen atoms in total. The first-order valence-electron chi connectivity index (χ1n) is 5.92. The Morgan fingerprint density at radius 3 is 2.11 bits per heavy atom. The van der Waals surface area contributed by atoms with Crippen molar-refractivity contribution in [2.75, 3.05) is 11.5 Å². The Bertz CT molecular complexity index is 443. The molecule has 19 heavy (non-hydrogen) atoms. The van der Waals surface area contributed by atoms with Crippen molar-refractivity contribution >= 4 is 23.7 Å². The minimum absolute atomic E-state index is 0.343. The van der Waals surface area contributed by atoms with Crippen LogP contribution in [0.25, 0.3) is 0 Å². The molecule has 0 saturated carbocycles. The predicted octanol–water partition coefficient (Wildman–Crippen LogP) is 1.14. The van der Waals surface area contributed by atoms with Crippen molar-refractivity contribution in [1.82, 2.24) is 4.90 Å². The first-order valence-corrected chi connectivity index (χ1v) is 7.08. The van der Waals surface area contributed by atoms with Gasteiger partial charge in [-0.1, -0.05) is 30.3 Å². The lowest BCUT2D eigenvalue weighted by Crippen LogP contribution is -2.55. The summed E-state index contributed by atoms with van der Waals surface area (Å²) in [6.45, 7) is 0.343. The molecule has 0 spiro atoms. The molecule has 0 amide bonds. The Morgan fingerprint density at radius 2 is 1.63 bits per heavy atom. The summed E-state index contributed by atoms with van der Waals surface area (Å²) < 4.78 is 0. The monoisotopic (exact) mass is 281 g/mol. The maximum Gasteiger partial charge on any atom is 0.321 e. The topological polar surface area (TPSA) is 77.8 Å². The van der Waals surface area contributed by atoms with Crippen LogP contribution in [0.3, 0.4) is 0 Å². The molecule has 1 heterocycles. The Hall–Kier alpha value is -1.53. The summed E-state index contributed by atoms with van der Waals surface area (Å²) >= 11 is 1.38. The molecule has 1 aliphatic rings. The number of hydrogen-bond donors (Lipinski definition) is 2. The van der Waals surface area contributed by atoms with E-state index < -0.39 is 24.0 Å². The zero-order valence-corrected chi connectivity index (χ0v) is 11.0. The van der Waals surface area contributed by atoms with Crippen molar-refractivity contribution in [1.29, 1.82) is 0 Å². The van der Waals surface area contributed by atoms with Gasteiger partial charge in [-0.05, 0) is 5.56 Å². The van der Waals surface area contributed by atoms with Crippen molar-refractivity contribution in [3.05, 3.63) is 35.9 Å². The largest absolute Gasteiger partial charge is 0.480 e. The van der Waals surface area contributed by atoms with E-state index in [1.165, 1.54) is 11.8 Å². The van der Waals surface area contributed by atoms with E-state index >= 15 is 0 Å². The minimum atomic E-state index is -0.964. The summed E-state index contributed by atoms with van der Waals surface area (Å²) in [6, 6.07) is 7.84. The van der Waals surface area contributed by atoms with Gasteiger partial charge < -0.3 is 10.2 Å². The van der Waals surface area contributed by atoms with Gasteiger partial charge in [-0.15, -0.1) is 0 Å². The lowest BCUT2D eigenvalue weighted by Gasteiger charge is -2.37. The third kappa shape index (κ3) is 3.27. The second-order valence-corrected chi connectivity index (χ2v) is 5.48. The van der Waals surface area contributed by atoms with Gasteiger partial charge in [0.25, 0.3) is 0 Å². The van der Waals surface area contributed by atoms with Crippen LogP contribution in [0.15, 0.2) is 30.3 Å².